The lowest BCUT2D eigenvalue weighted by atomic mass is 10.2. The number of carbonyl (C=O) groups excluding carboxylic acids is 4. The van der Waals surface area contributed by atoms with Crippen molar-refractivity contribution in [2.75, 3.05) is 18.4 Å². The molecule has 8 heteroatoms. The molecule has 4 amide bonds. The summed E-state index contributed by atoms with van der Waals surface area (Å²) >= 11 is 0. The summed E-state index contributed by atoms with van der Waals surface area (Å²) < 4.78 is 0. The zero-order valence-electron chi connectivity index (χ0n) is 11.2. The van der Waals surface area contributed by atoms with Crippen LogP contribution in [0.15, 0.2) is 24.3 Å². The number of anilines is 1. The van der Waals surface area contributed by atoms with Crippen molar-refractivity contribution < 1.29 is 19.2 Å². The molecule has 0 unspecified atom stereocenters. The van der Waals surface area contributed by atoms with Gasteiger partial charge in [-0.1, -0.05) is 0 Å². The molecule has 8 nitrogen and oxygen atoms in total. The van der Waals surface area contributed by atoms with Crippen LogP contribution in [0.3, 0.4) is 0 Å². The number of amides is 4. The second-order valence-electron chi connectivity index (χ2n) is 4.08. The number of benzene rings is 1. The lowest BCUT2D eigenvalue weighted by molar-refractivity contribution is -0.136. The lowest BCUT2D eigenvalue weighted by Crippen LogP contribution is -2.36. The maximum Gasteiger partial charge on any atom is 0.313 e. The molecule has 0 aliphatic rings. The number of carbonyl (C=O) groups is 4. The van der Waals surface area contributed by atoms with Gasteiger partial charge < -0.3 is 21.7 Å². The first-order chi connectivity index (χ1) is 10.0. The van der Waals surface area contributed by atoms with Gasteiger partial charge in [-0.25, -0.2) is 0 Å². The van der Waals surface area contributed by atoms with Gasteiger partial charge in [0.15, 0.2) is 0 Å². The van der Waals surface area contributed by atoms with Gasteiger partial charge in [0, 0.05) is 24.3 Å². The van der Waals surface area contributed by atoms with Gasteiger partial charge in [0.2, 0.25) is 12.3 Å². The maximum absolute atomic E-state index is 11.6. The molecule has 0 spiro atoms. The van der Waals surface area contributed by atoms with Crippen molar-refractivity contribution in [3.05, 3.63) is 29.8 Å². The van der Waals surface area contributed by atoms with Crippen LogP contribution in [0.5, 0.6) is 0 Å². The molecule has 0 radical (unpaired) electrons. The summed E-state index contributed by atoms with van der Waals surface area (Å²) in [6, 6.07) is 5.83. The Hall–Kier alpha value is -2.90. The van der Waals surface area contributed by atoms with Crippen LogP contribution in [0.25, 0.3) is 0 Å². The van der Waals surface area contributed by atoms with E-state index < -0.39 is 17.7 Å². The van der Waals surface area contributed by atoms with Crippen molar-refractivity contribution in [1.82, 2.24) is 10.6 Å². The minimum atomic E-state index is -0.815. The zero-order chi connectivity index (χ0) is 15.7. The van der Waals surface area contributed by atoms with Crippen molar-refractivity contribution in [2.24, 2.45) is 5.73 Å². The number of rotatable bonds is 7. The molecule has 0 saturated carbocycles. The quantitative estimate of drug-likeness (QED) is 0.291. The molecule has 0 fully saturated rings. The molecule has 5 N–H and O–H groups in total. The van der Waals surface area contributed by atoms with Crippen molar-refractivity contribution in [2.45, 2.75) is 6.42 Å². The number of nitrogens with two attached hydrogens (primary N) is 1. The monoisotopic (exact) mass is 292 g/mol. The summed E-state index contributed by atoms with van der Waals surface area (Å²) in [4.78, 5) is 43.9. The maximum atomic E-state index is 11.6. The molecule has 1 aromatic carbocycles. The first-order valence-electron chi connectivity index (χ1n) is 6.20. The summed E-state index contributed by atoms with van der Waals surface area (Å²) in [7, 11) is 0. The van der Waals surface area contributed by atoms with Gasteiger partial charge in [-0.15, -0.1) is 0 Å². The van der Waals surface area contributed by atoms with E-state index in [-0.39, 0.29) is 6.54 Å². The van der Waals surface area contributed by atoms with Crippen LogP contribution in [0.2, 0.25) is 0 Å². The summed E-state index contributed by atoms with van der Waals surface area (Å²) in [6.45, 7) is 0.688. The van der Waals surface area contributed by atoms with Crippen molar-refractivity contribution in [3.8, 4) is 0 Å². The van der Waals surface area contributed by atoms with E-state index in [2.05, 4.69) is 16.0 Å². The fraction of sp³-hybridized carbons (Fsp3) is 0.231. The largest absolute Gasteiger partial charge is 0.366 e. The highest BCUT2D eigenvalue weighted by Crippen LogP contribution is 2.08. The second-order valence-corrected chi connectivity index (χ2v) is 4.08. The Morgan fingerprint density at radius 2 is 1.71 bits per heavy atom. The summed E-state index contributed by atoms with van der Waals surface area (Å²) in [5, 5.41) is 7.23. The third-order valence-electron chi connectivity index (χ3n) is 2.50. The molecule has 0 aromatic heterocycles. The molecule has 1 rings (SSSR count). The van der Waals surface area contributed by atoms with Crippen LogP contribution in [0.4, 0.5) is 5.69 Å². The molecule has 0 aliphatic carbocycles. The predicted octanol–water partition coefficient (Wildman–Crippen LogP) is -1.02. The van der Waals surface area contributed by atoms with E-state index in [0.29, 0.717) is 30.6 Å². The van der Waals surface area contributed by atoms with E-state index in [9.17, 15) is 19.2 Å². The number of nitrogens with one attached hydrogen (secondary N) is 3. The van der Waals surface area contributed by atoms with Crippen LogP contribution in [-0.2, 0) is 14.4 Å². The third kappa shape index (κ3) is 5.72. The lowest BCUT2D eigenvalue weighted by Gasteiger charge is -2.06. The van der Waals surface area contributed by atoms with Gasteiger partial charge in [-0.3, -0.25) is 19.2 Å². The van der Waals surface area contributed by atoms with E-state index in [1.807, 2.05) is 0 Å². The molecule has 21 heavy (non-hydrogen) atoms. The Morgan fingerprint density at radius 1 is 1.05 bits per heavy atom. The van der Waals surface area contributed by atoms with E-state index in [4.69, 9.17) is 5.73 Å². The van der Waals surface area contributed by atoms with Crippen LogP contribution >= 0.6 is 0 Å². The molecule has 0 bridgehead atoms. The van der Waals surface area contributed by atoms with Gasteiger partial charge in [0.05, 0.1) is 0 Å². The molecular formula is C13H16N4O4. The smallest absolute Gasteiger partial charge is 0.313 e. The highest BCUT2D eigenvalue weighted by molar-refractivity contribution is 6.39. The summed E-state index contributed by atoms with van der Waals surface area (Å²) in [5.74, 6) is -2.17. The van der Waals surface area contributed by atoms with Crippen LogP contribution in [-0.4, -0.2) is 37.2 Å². The Balaban J connectivity index is 2.39. The van der Waals surface area contributed by atoms with Crippen molar-refractivity contribution in [1.29, 1.82) is 0 Å². The predicted molar refractivity (Wildman–Crippen MR) is 75.3 cm³/mol. The first-order valence-corrected chi connectivity index (χ1v) is 6.20. The molecule has 1 aromatic rings. The molecule has 0 heterocycles. The average Bonchev–Trinajstić information content (AvgIpc) is 2.47. The molecular weight excluding hydrogens is 276 g/mol. The van der Waals surface area contributed by atoms with Gasteiger partial charge >= 0.3 is 11.8 Å². The fourth-order valence-corrected chi connectivity index (χ4v) is 1.44. The van der Waals surface area contributed by atoms with E-state index in [0.717, 1.165) is 0 Å². The minimum Gasteiger partial charge on any atom is -0.366 e. The van der Waals surface area contributed by atoms with Crippen molar-refractivity contribution in [3.63, 3.8) is 0 Å². The number of hydrogen-bond acceptors (Lipinski definition) is 4. The van der Waals surface area contributed by atoms with E-state index in [1.54, 1.807) is 0 Å². The van der Waals surface area contributed by atoms with Crippen LogP contribution in [0, 0.1) is 0 Å². The van der Waals surface area contributed by atoms with E-state index >= 15 is 0 Å². The summed E-state index contributed by atoms with van der Waals surface area (Å²) in [6.07, 6.45) is 1.08. The standard InChI is InChI=1S/C13H16N4O4/c14-11(19)9-2-4-10(5-3-9)17-13(21)12(20)16-7-1-6-15-8-18/h2-5,8H,1,6-7H2,(H2,14,19)(H,15,18)(H,16,20)(H,17,21). The number of hydrogen-bond donors (Lipinski definition) is 4. The number of primary amides is 1. The average molecular weight is 292 g/mol. The Morgan fingerprint density at radius 3 is 2.29 bits per heavy atom. The molecule has 0 saturated heterocycles. The van der Waals surface area contributed by atoms with Crippen LogP contribution < -0.4 is 21.7 Å². The minimum absolute atomic E-state index is 0.272. The SMILES string of the molecule is NC(=O)c1ccc(NC(=O)C(=O)NCCCNC=O)cc1. The zero-order valence-corrected chi connectivity index (χ0v) is 11.2. The van der Waals surface area contributed by atoms with Gasteiger partial charge in [-0.05, 0) is 30.7 Å². The topological polar surface area (TPSA) is 130 Å². The van der Waals surface area contributed by atoms with E-state index in [1.165, 1.54) is 24.3 Å². The fourth-order valence-electron chi connectivity index (χ4n) is 1.44. The van der Waals surface area contributed by atoms with Gasteiger partial charge in [-0.2, -0.15) is 0 Å². The molecule has 0 aliphatic heterocycles. The van der Waals surface area contributed by atoms with Crippen LogP contribution in [0.1, 0.15) is 16.8 Å². The third-order valence-corrected chi connectivity index (χ3v) is 2.50. The Bertz CT molecular complexity index is 527. The Kier molecular flexibility index (Phi) is 6.39. The highest BCUT2D eigenvalue weighted by atomic mass is 16.2. The van der Waals surface area contributed by atoms with Gasteiger partial charge in [0.1, 0.15) is 0 Å². The summed E-state index contributed by atoms with van der Waals surface area (Å²) in [5.41, 5.74) is 5.77. The molecule has 112 valence electrons. The first kappa shape index (κ1) is 16.2. The van der Waals surface area contributed by atoms with Crippen molar-refractivity contribution >= 4 is 29.8 Å². The normalized spacial score (nSPS) is 9.52. The Labute approximate surface area is 121 Å². The molecule has 0 atom stereocenters. The second kappa shape index (κ2) is 8.31. The van der Waals surface area contributed by atoms with Gasteiger partial charge in [0.25, 0.3) is 0 Å². The highest BCUT2D eigenvalue weighted by Gasteiger charge is 2.12.